The van der Waals surface area contributed by atoms with E-state index in [1.165, 1.54) is 42.3 Å². The molecule has 0 radical (unpaired) electrons. The van der Waals surface area contributed by atoms with Crippen LogP contribution in [0.4, 0.5) is 5.69 Å². The lowest BCUT2D eigenvalue weighted by atomic mass is 10.1. The first-order valence-corrected chi connectivity index (χ1v) is 15.9. The molecule has 0 aliphatic heterocycles. The molecule has 0 bridgehead atoms. The van der Waals surface area contributed by atoms with E-state index >= 15 is 0 Å². The molecular formula is C30H34Cl3N3O5S. The molecule has 0 heterocycles. The Hall–Kier alpha value is -2.98. The summed E-state index contributed by atoms with van der Waals surface area (Å²) in [5.41, 5.74) is 0.703. The van der Waals surface area contributed by atoms with Crippen LogP contribution in [0.2, 0.25) is 15.1 Å². The van der Waals surface area contributed by atoms with E-state index < -0.39 is 28.5 Å². The Labute approximate surface area is 262 Å². The van der Waals surface area contributed by atoms with Gasteiger partial charge in [0, 0.05) is 22.6 Å². The second-order valence-electron chi connectivity index (χ2n) is 9.64. The third kappa shape index (κ3) is 8.10. The summed E-state index contributed by atoms with van der Waals surface area (Å²) in [5, 5.41) is 3.83. The van der Waals surface area contributed by atoms with Crippen LogP contribution in [0.5, 0.6) is 5.75 Å². The summed E-state index contributed by atoms with van der Waals surface area (Å²) in [6.45, 7) is 4.93. The van der Waals surface area contributed by atoms with E-state index in [-0.39, 0.29) is 40.5 Å². The first-order chi connectivity index (χ1) is 19.9. The molecule has 0 aromatic heterocycles. The number of hydrogen-bond donors (Lipinski definition) is 1. The fourth-order valence-corrected chi connectivity index (χ4v) is 6.40. The zero-order valence-electron chi connectivity index (χ0n) is 23.8. The number of carbonyl (C=O) groups excluding carboxylic acids is 2. The second kappa shape index (κ2) is 15.0. The van der Waals surface area contributed by atoms with Gasteiger partial charge in [0.1, 0.15) is 18.3 Å². The van der Waals surface area contributed by atoms with Crippen molar-refractivity contribution < 1.29 is 22.7 Å². The van der Waals surface area contributed by atoms with E-state index in [9.17, 15) is 18.0 Å². The Morgan fingerprint density at radius 2 is 1.62 bits per heavy atom. The van der Waals surface area contributed by atoms with Gasteiger partial charge in [0.15, 0.2) is 0 Å². The minimum atomic E-state index is -4.24. The zero-order chi connectivity index (χ0) is 31.0. The van der Waals surface area contributed by atoms with Gasteiger partial charge in [-0.2, -0.15) is 0 Å². The number of amides is 2. The molecule has 226 valence electrons. The molecule has 0 aliphatic rings. The van der Waals surface area contributed by atoms with Crippen LogP contribution >= 0.6 is 34.8 Å². The van der Waals surface area contributed by atoms with E-state index in [2.05, 4.69) is 5.32 Å². The number of rotatable bonds is 13. The fraction of sp³-hybridized carbons (Fsp3) is 0.333. The average Bonchev–Trinajstić information content (AvgIpc) is 2.96. The zero-order valence-corrected chi connectivity index (χ0v) is 26.9. The summed E-state index contributed by atoms with van der Waals surface area (Å²) in [4.78, 5) is 28.9. The number of methoxy groups -OCH3 is 1. The molecule has 2 atom stereocenters. The highest BCUT2D eigenvalue weighted by molar-refractivity contribution is 7.92. The number of benzene rings is 3. The molecule has 12 heteroatoms. The van der Waals surface area contributed by atoms with Crippen molar-refractivity contribution in [3.8, 4) is 5.75 Å². The first-order valence-electron chi connectivity index (χ1n) is 13.4. The average molecular weight is 655 g/mol. The number of halogens is 3. The summed E-state index contributed by atoms with van der Waals surface area (Å²) in [7, 11) is -2.80. The van der Waals surface area contributed by atoms with Crippen LogP contribution < -0.4 is 14.4 Å². The van der Waals surface area contributed by atoms with E-state index in [1.54, 1.807) is 43.3 Å². The molecule has 1 N–H and O–H groups in total. The van der Waals surface area contributed by atoms with E-state index in [4.69, 9.17) is 39.5 Å². The predicted molar refractivity (Wildman–Crippen MR) is 168 cm³/mol. The molecule has 0 aliphatic carbocycles. The summed E-state index contributed by atoms with van der Waals surface area (Å²) in [5.74, 6) is -0.621. The summed E-state index contributed by atoms with van der Waals surface area (Å²) < 4.78 is 34.1. The number of carbonyl (C=O) groups is 2. The number of nitrogens with zero attached hydrogens (tertiary/aromatic N) is 2. The number of sulfonamides is 1. The minimum Gasteiger partial charge on any atom is -0.495 e. The summed E-state index contributed by atoms with van der Waals surface area (Å²) in [6, 6.07) is 16.0. The van der Waals surface area contributed by atoms with Crippen molar-refractivity contribution in [2.75, 3.05) is 18.0 Å². The van der Waals surface area contributed by atoms with Gasteiger partial charge in [0.25, 0.3) is 10.0 Å². The van der Waals surface area contributed by atoms with Gasteiger partial charge in [0.2, 0.25) is 11.8 Å². The maximum absolute atomic E-state index is 14.2. The van der Waals surface area contributed by atoms with Gasteiger partial charge in [-0.1, -0.05) is 72.9 Å². The Bertz CT molecular complexity index is 1510. The lowest BCUT2D eigenvalue weighted by molar-refractivity contribution is -0.140. The lowest BCUT2D eigenvalue weighted by Gasteiger charge is -2.34. The van der Waals surface area contributed by atoms with Crippen LogP contribution in [0.1, 0.15) is 39.2 Å². The SMILES string of the molecule is CCC(C)NC(=O)C(CC)N(Cc1ccc(Cl)cc1Cl)C(=O)CN(c1ccc(OC)c(Cl)c1)S(=O)(=O)c1ccccc1. The van der Waals surface area contributed by atoms with Crippen molar-refractivity contribution in [2.45, 2.75) is 57.1 Å². The topological polar surface area (TPSA) is 96.0 Å². The van der Waals surface area contributed by atoms with Gasteiger partial charge in [-0.3, -0.25) is 13.9 Å². The molecule has 42 heavy (non-hydrogen) atoms. The van der Waals surface area contributed by atoms with Gasteiger partial charge < -0.3 is 15.0 Å². The highest BCUT2D eigenvalue weighted by Crippen LogP contribution is 2.32. The molecule has 3 rings (SSSR count). The smallest absolute Gasteiger partial charge is 0.264 e. The number of anilines is 1. The molecule has 2 unspecified atom stereocenters. The highest BCUT2D eigenvalue weighted by atomic mass is 35.5. The van der Waals surface area contributed by atoms with Crippen LogP contribution in [-0.2, 0) is 26.2 Å². The molecule has 0 fully saturated rings. The largest absolute Gasteiger partial charge is 0.495 e. The predicted octanol–water partition coefficient (Wildman–Crippen LogP) is 6.57. The van der Waals surface area contributed by atoms with E-state index in [1.807, 2.05) is 13.8 Å². The molecule has 3 aromatic rings. The Morgan fingerprint density at radius 1 is 0.929 bits per heavy atom. The molecule has 8 nitrogen and oxygen atoms in total. The van der Waals surface area contributed by atoms with Gasteiger partial charge in [0.05, 0.1) is 22.7 Å². The summed E-state index contributed by atoms with van der Waals surface area (Å²) >= 11 is 18.9. The van der Waals surface area contributed by atoms with Crippen LogP contribution in [0.15, 0.2) is 71.6 Å². The molecule has 3 aromatic carbocycles. The van der Waals surface area contributed by atoms with E-state index in [0.717, 1.165) is 4.31 Å². The fourth-order valence-electron chi connectivity index (χ4n) is 4.25. The van der Waals surface area contributed by atoms with Crippen LogP contribution in [0.3, 0.4) is 0 Å². The second-order valence-corrected chi connectivity index (χ2v) is 12.8. The Morgan fingerprint density at radius 3 is 2.19 bits per heavy atom. The van der Waals surface area contributed by atoms with Crippen molar-refractivity contribution in [3.63, 3.8) is 0 Å². The maximum Gasteiger partial charge on any atom is 0.264 e. The number of hydrogen-bond acceptors (Lipinski definition) is 5. The van der Waals surface area contributed by atoms with Crippen molar-refractivity contribution in [1.29, 1.82) is 0 Å². The highest BCUT2D eigenvalue weighted by Gasteiger charge is 2.34. The molecule has 0 spiro atoms. The van der Waals surface area contributed by atoms with E-state index in [0.29, 0.717) is 27.8 Å². The maximum atomic E-state index is 14.2. The standard InChI is InChI=1S/C30H34Cl3N3O5S/c1-5-20(3)34-30(38)27(6-2)35(18-21-12-13-22(31)16-25(21)32)29(37)19-36(23-14-15-28(41-4)26(33)17-23)42(39,40)24-10-8-7-9-11-24/h7-17,20,27H,5-6,18-19H2,1-4H3,(H,34,38). The third-order valence-electron chi connectivity index (χ3n) is 6.78. The lowest BCUT2D eigenvalue weighted by Crippen LogP contribution is -2.53. The third-order valence-corrected chi connectivity index (χ3v) is 9.45. The van der Waals surface area contributed by atoms with Crippen LogP contribution in [0, 0.1) is 0 Å². The molecule has 0 saturated carbocycles. The van der Waals surface area contributed by atoms with Crippen molar-refractivity contribution >= 4 is 62.3 Å². The Balaban J connectivity index is 2.11. The van der Waals surface area contributed by atoms with Gasteiger partial charge in [-0.15, -0.1) is 0 Å². The quantitative estimate of drug-likeness (QED) is 0.225. The van der Waals surface area contributed by atoms with Gasteiger partial charge in [-0.05, 0) is 67.8 Å². The summed E-state index contributed by atoms with van der Waals surface area (Å²) in [6.07, 6.45) is 0.972. The Kier molecular flexibility index (Phi) is 11.9. The molecule has 2 amide bonds. The van der Waals surface area contributed by atoms with Crippen LogP contribution in [-0.4, -0.2) is 50.9 Å². The van der Waals surface area contributed by atoms with Gasteiger partial charge >= 0.3 is 0 Å². The van der Waals surface area contributed by atoms with Crippen LogP contribution in [0.25, 0.3) is 0 Å². The van der Waals surface area contributed by atoms with Crippen molar-refractivity contribution in [3.05, 3.63) is 87.4 Å². The number of nitrogens with one attached hydrogen (secondary N) is 1. The molecule has 0 saturated heterocycles. The number of ether oxygens (including phenoxy) is 1. The van der Waals surface area contributed by atoms with Crippen molar-refractivity contribution in [2.24, 2.45) is 0 Å². The van der Waals surface area contributed by atoms with Crippen molar-refractivity contribution in [1.82, 2.24) is 10.2 Å². The first kappa shape index (κ1) is 33.5. The minimum absolute atomic E-state index is 0.0152. The van der Waals surface area contributed by atoms with Gasteiger partial charge in [-0.25, -0.2) is 8.42 Å². The monoisotopic (exact) mass is 653 g/mol. The normalized spacial score (nSPS) is 12.7. The molecular weight excluding hydrogens is 621 g/mol.